The van der Waals surface area contributed by atoms with Crippen molar-refractivity contribution in [1.82, 2.24) is 4.90 Å². The van der Waals surface area contributed by atoms with Gasteiger partial charge in [0.15, 0.2) is 0 Å². The lowest BCUT2D eigenvalue weighted by atomic mass is 10.1. The van der Waals surface area contributed by atoms with Crippen LogP contribution in [-0.2, 0) is 0 Å². The minimum atomic E-state index is -0.501. The molecule has 0 radical (unpaired) electrons. The van der Waals surface area contributed by atoms with E-state index in [2.05, 4.69) is 41.8 Å². The number of anilines is 1. The highest BCUT2D eigenvalue weighted by molar-refractivity contribution is 5.59. The van der Waals surface area contributed by atoms with Crippen molar-refractivity contribution >= 4 is 5.69 Å². The Morgan fingerprint density at radius 1 is 0.926 bits per heavy atom. The van der Waals surface area contributed by atoms with Gasteiger partial charge in [-0.15, -0.1) is 0 Å². The van der Waals surface area contributed by atoms with Crippen molar-refractivity contribution in [2.24, 2.45) is 0 Å². The number of aliphatic hydroxyl groups excluding tert-OH is 1. The Labute approximate surface area is 162 Å². The molecule has 146 valence electrons. The first-order valence-electron chi connectivity index (χ1n) is 9.55. The summed E-state index contributed by atoms with van der Waals surface area (Å²) in [5, 5.41) is 10.3. The van der Waals surface area contributed by atoms with Gasteiger partial charge in [0.05, 0.1) is 7.11 Å². The summed E-state index contributed by atoms with van der Waals surface area (Å²) in [5.74, 6) is 1.54. The highest BCUT2D eigenvalue weighted by Crippen LogP contribution is 2.25. The second-order valence-electron chi connectivity index (χ2n) is 7.17. The molecule has 5 nitrogen and oxygen atoms in total. The number of ether oxygens (including phenoxy) is 2. The van der Waals surface area contributed by atoms with Gasteiger partial charge in [-0.05, 0) is 49.2 Å². The first-order chi connectivity index (χ1) is 13.1. The second-order valence-corrected chi connectivity index (χ2v) is 7.17. The zero-order valence-corrected chi connectivity index (χ0v) is 16.5. The van der Waals surface area contributed by atoms with Gasteiger partial charge in [0.25, 0.3) is 0 Å². The van der Waals surface area contributed by atoms with Crippen molar-refractivity contribution in [1.29, 1.82) is 0 Å². The minimum Gasteiger partial charge on any atom is -0.497 e. The Kier molecular flexibility index (Phi) is 6.58. The van der Waals surface area contributed by atoms with Crippen LogP contribution >= 0.6 is 0 Å². The number of hydrogen-bond donors (Lipinski definition) is 1. The number of para-hydroxylation sites is 1. The van der Waals surface area contributed by atoms with Crippen LogP contribution in [0.25, 0.3) is 0 Å². The second kappa shape index (κ2) is 9.11. The molecule has 1 aliphatic heterocycles. The molecule has 27 heavy (non-hydrogen) atoms. The standard InChI is InChI=1S/C22H30N2O3/c1-17-5-4-6-18(2)22(17)24-13-11-23(12-14-24)15-19(25)16-27-21-9-7-20(26-3)8-10-21/h4-10,19,25H,11-16H2,1-3H3. The van der Waals surface area contributed by atoms with Crippen molar-refractivity contribution in [2.45, 2.75) is 20.0 Å². The summed E-state index contributed by atoms with van der Waals surface area (Å²) in [6.45, 7) is 9.15. The molecule has 0 aromatic heterocycles. The molecule has 5 heteroatoms. The number of aliphatic hydroxyl groups is 1. The molecule has 0 saturated carbocycles. The summed E-state index contributed by atoms with van der Waals surface area (Å²) in [6.07, 6.45) is -0.501. The van der Waals surface area contributed by atoms with Crippen molar-refractivity contribution in [2.75, 3.05) is 51.3 Å². The normalized spacial score (nSPS) is 16.2. The smallest absolute Gasteiger partial charge is 0.119 e. The maximum absolute atomic E-state index is 10.3. The first-order valence-corrected chi connectivity index (χ1v) is 9.55. The zero-order chi connectivity index (χ0) is 19.2. The number of benzene rings is 2. The largest absolute Gasteiger partial charge is 0.497 e. The third-order valence-corrected chi connectivity index (χ3v) is 5.10. The summed E-state index contributed by atoms with van der Waals surface area (Å²) in [5.41, 5.74) is 4.02. The third-order valence-electron chi connectivity index (χ3n) is 5.10. The van der Waals surface area contributed by atoms with E-state index < -0.39 is 6.10 Å². The molecule has 1 atom stereocenters. The first kappa shape index (κ1) is 19.5. The average Bonchev–Trinajstić information content (AvgIpc) is 2.68. The Bertz CT molecular complexity index is 705. The fourth-order valence-corrected chi connectivity index (χ4v) is 3.67. The molecule has 1 aliphatic rings. The van der Waals surface area contributed by atoms with Gasteiger partial charge in [-0.3, -0.25) is 4.90 Å². The Hall–Kier alpha value is -2.24. The predicted molar refractivity (Wildman–Crippen MR) is 109 cm³/mol. The molecule has 1 fully saturated rings. The lowest BCUT2D eigenvalue weighted by Crippen LogP contribution is -2.49. The van der Waals surface area contributed by atoms with E-state index in [1.807, 2.05) is 24.3 Å². The summed E-state index contributed by atoms with van der Waals surface area (Å²) in [6, 6.07) is 13.9. The topological polar surface area (TPSA) is 45.2 Å². The molecule has 1 N–H and O–H groups in total. The van der Waals surface area contributed by atoms with Crippen LogP contribution in [0.3, 0.4) is 0 Å². The Balaban J connectivity index is 1.44. The van der Waals surface area contributed by atoms with Crippen LogP contribution in [0.4, 0.5) is 5.69 Å². The number of nitrogens with zero attached hydrogens (tertiary/aromatic N) is 2. The number of hydrogen-bond acceptors (Lipinski definition) is 5. The van der Waals surface area contributed by atoms with Crippen LogP contribution in [0.2, 0.25) is 0 Å². The maximum atomic E-state index is 10.3. The highest BCUT2D eigenvalue weighted by atomic mass is 16.5. The minimum absolute atomic E-state index is 0.295. The van der Waals surface area contributed by atoms with Crippen LogP contribution in [0, 0.1) is 13.8 Å². The van der Waals surface area contributed by atoms with Gasteiger partial charge >= 0.3 is 0 Å². The fraction of sp³-hybridized carbons (Fsp3) is 0.455. The van der Waals surface area contributed by atoms with Crippen molar-refractivity contribution < 1.29 is 14.6 Å². The number of methoxy groups -OCH3 is 1. The monoisotopic (exact) mass is 370 g/mol. The summed E-state index contributed by atoms with van der Waals surface area (Å²) >= 11 is 0. The molecule has 0 amide bonds. The van der Waals surface area contributed by atoms with E-state index in [0.717, 1.165) is 37.7 Å². The van der Waals surface area contributed by atoms with Gasteiger partial charge in [-0.25, -0.2) is 0 Å². The zero-order valence-electron chi connectivity index (χ0n) is 16.5. The fourth-order valence-electron chi connectivity index (χ4n) is 3.67. The van der Waals surface area contributed by atoms with Crippen LogP contribution in [-0.4, -0.2) is 62.6 Å². The summed E-state index contributed by atoms with van der Waals surface area (Å²) in [4.78, 5) is 4.77. The van der Waals surface area contributed by atoms with E-state index in [0.29, 0.717) is 13.2 Å². The third kappa shape index (κ3) is 5.15. The van der Waals surface area contributed by atoms with Crippen LogP contribution in [0.5, 0.6) is 11.5 Å². The molecule has 2 aromatic rings. The number of β-amino-alcohol motifs (C(OH)–C–C–N with tert-alkyl or cyclic N) is 1. The lowest BCUT2D eigenvalue weighted by Gasteiger charge is -2.38. The molecular weight excluding hydrogens is 340 g/mol. The molecule has 3 rings (SSSR count). The van der Waals surface area contributed by atoms with Crippen LogP contribution in [0.1, 0.15) is 11.1 Å². The molecule has 2 aromatic carbocycles. The molecular formula is C22H30N2O3. The summed E-state index contributed by atoms with van der Waals surface area (Å²) < 4.78 is 10.8. The van der Waals surface area contributed by atoms with E-state index in [-0.39, 0.29) is 0 Å². The number of piperazine rings is 1. The molecule has 0 spiro atoms. The van der Waals surface area contributed by atoms with Gasteiger partial charge in [0, 0.05) is 38.4 Å². The van der Waals surface area contributed by atoms with Crippen LogP contribution in [0.15, 0.2) is 42.5 Å². The van der Waals surface area contributed by atoms with Crippen molar-refractivity contribution in [3.63, 3.8) is 0 Å². The molecule has 0 aliphatic carbocycles. The van der Waals surface area contributed by atoms with E-state index in [1.54, 1.807) is 7.11 Å². The van der Waals surface area contributed by atoms with Gasteiger partial charge in [-0.2, -0.15) is 0 Å². The van der Waals surface area contributed by atoms with Gasteiger partial charge < -0.3 is 19.5 Å². The van der Waals surface area contributed by atoms with Crippen LogP contribution < -0.4 is 14.4 Å². The van der Waals surface area contributed by atoms with E-state index in [9.17, 15) is 5.11 Å². The predicted octanol–water partition coefficient (Wildman–Crippen LogP) is 2.87. The van der Waals surface area contributed by atoms with Gasteiger partial charge in [0.2, 0.25) is 0 Å². The van der Waals surface area contributed by atoms with E-state index >= 15 is 0 Å². The van der Waals surface area contributed by atoms with E-state index in [1.165, 1.54) is 16.8 Å². The SMILES string of the molecule is COc1ccc(OCC(O)CN2CCN(c3c(C)cccc3C)CC2)cc1. The quantitative estimate of drug-likeness (QED) is 0.812. The lowest BCUT2D eigenvalue weighted by molar-refractivity contribution is 0.0663. The Morgan fingerprint density at radius 2 is 1.52 bits per heavy atom. The molecule has 1 saturated heterocycles. The van der Waals surface area contributed by atoms with Gasteiger partial charge in [-0.1, -0.05) is 18.2 Å². The average molecular weight is 370 g/mol. The van der Waals surface area contributed by atoms with Crippen molar-refractivity contribution in [3.8, 4) is 11.5 Å². The van der Waals surface area contributed by atoms with Gasteiger partial charge in [0.1, 0.15) is 24.2 Å². The summed E-state index contributed by atoms with van der Waals surface area (Å²) in [7, 11) is 1.64. The number of aryl methyl sites for hydroxylation is 2. The molecule has 1 unspecified atom stereocenters. The van der Waals surface area contributed by atoms with E-state index in [4.69, 9.17) is 9.47 Å². The van der Waals surface area contributed by atoms with Crippen molar-refractivity contribution in [3.05, 3.63) is 53.6 Å². The highest BCUT2D eigenvalue weighted by Gasteiger charge is 2.21. The maximum Gasteiger partial charge on any atom is 0.119 e. The molecule has 1 heterocycles. The number of rotatable bonds is 7. The Morgan fingerprint density at radius 3 is 2.11 bits per heavy atom. The molecule has 0 bridgehead atoms.